The monoisotopic (exact) mass is 957 g/mol. The van der Waals surface area contributed by atoms with E-state index < -0.39 is 0 Å². The van der Waals surface area contributed by atoms with E-state index in [9.17, 15) is 9.59 Å². The first-order valence-corrected chi connectivity index (χ1v) is 23.8. The zero-order valence-corrected chi connectivity index (χ0v) is 41.3. The smallest absolute Gasteiger partial charge is 0.261 e. The highest BCUT2D eigenvalue weighted by molar-refractivity contribution is 7.81. The van der Waals surface area contributed by atoms with Crippen molar-refractivity contribution >= 4 is 53.4 Å². The number of thiol groups is 1. The Morgan fingerprint density at radius 2 is 1.49 bits per heavy atom. The highest BCUT2D eigenvalue weighted by Crippen LogP contribution is 2.43. The second-order valence-corrected chi connectivity index (χ2v) is 19.2. The Bertz CT molecular complexity index is 2640. The molecule has 4 heterocycles. The van der Waals surface area contributed by atoms with Gasteiger partial charge in [0.15, 0.2) is 23.0 Å². The third kappa shape index (κ3) is 11.1. The second-order valence-electron chi connectivity index (χ2n) is 18.0. The molecule has 0 unspecified atom stereocenters. The van der Waals surface area contributed by atoms with Crippen molar-refractivity contribution in [2.75, 3.05) is 89.1 Å². The number of aliphatic imine (C=N–C) groups is 1. The molecule has 364 valence electrons. The van der Waals surface area contributed by atoms with Gasteiger partial charge in [-0.3, -0.25) is 19.5 Å². The maximum Gasteiger partial charge on any atom is 0.261 e. The third-order valence-electron chi connectivity index (χ3n) is 12.5. The Balaban J connectivity index is 1.07. The lowest BCUT2D eigenvalue weighted by molar-refractivity contribution is 0.0264. The lowest BCUT2D eigenvalue weighted by atomic mass is 10.1. The van der Waals surface area contributed by atoms with Crippen LogP contribution >= 0.6 is 12.6 Å². The van der Waals surface area contributed by atoms with Crippen LogP contribution in [-0.4, -0.2) is 114 Å². The van der Waals surface area contributed by atoms with Crippen LogP contribution in [0.25, 0.3) is 0 Å². The summed E-state index contributed by atoms with van der Waals surface area (Å²) in [5, 5.41) is 3.53. The number of carbonyl (C=O) groups is 2. The van der Waals surface area contributed by atoms with Crippen LogP contribution in [0.4, 0.5) is 22.7 Å². The molecule has 15 heteroatoms. The highest BCUT2D eigenvalue weighted by Gasteiger charge is 2.40. The van der Waals surface area contributed by atoms with Gasteiger partial charge < -0.3 is 48.3 Å². The van der Waals surface area contributed by atoms with Crippen LogP contribution in [0.3, 0.4) is 0 Å². The van der Waals surface area contributed by atoms with E-state index in [4.69, 9.17) is 50.8 Å². The molecule has 1 saturated heterocycles. The number of nitrogens with one attached hydrogen (secondary N) is 1. The van der Waals surface area contributed by atoms with E-state index >= 15 is 0 Å². The summed E-state index contributed by atoms with van der Waals surface area (Å²) in [6.07, 6.45) is 8.98. The summed E-state index contributed by atoms with van der Waals surface area (Å²) < 4.78 is 41.3. The summed E-state index contributed by atoms with van der Waals surface area (Å²) in [6.45, 7) is 14.5. The molecular formula is C54H63N5O9S. The topological polar surface area (TPSA) is 133 Å². The first kappa shape index (κ1) is 49.2. The second kappa shape index (κ2) is 22.0. The number of anilines is 3. The largest absolute Gasteiger partial charge is 0.493 e. The molecular weight excluding hydrogens is 895 g/mol. The first-order valence-electron chi connectivity index (χ1n) is 23.4. The maximum atomic E-state index is 14.2. The normalized spacial score (nSPS) is 18.2. The summed E-state index contributed by atoms with van der Waals surface area (Å²) in [6, 6.07) is 21.1. The fourth-order valence-electron chi connectivity index (χ4n) is 9.38. The molecule has 2 amide bonds. The molecule has 2 atom stereocenters. The number of amides is 2. The summed E-state index contributed by atoms with van der Waals surface area (Å²) >= 11 is 4.94. The minimum absolute atomic E-state index is 0.0530. The summed E-state index contributed by atoms with van der Waals surface area (Å²) in [5.41, 5.74) is 8.77. The molecule has 0 radical (unpaired) electrons. The predicted octanol–water partition coefficient (Wildman–Crippen LogP) is 9.00. The van der Waals surface area contributed by atoms with Gasteiger partial charge in [0.25, 0.3) is 11.8 Å². The molecule has 0 aliphatic carbocycles. The number of carbonyl (C=O) groups excluding carboxylic acids is 2. The number of nitrogens with zero attached hydrogens (tertiary/aromatic N) is 4. The molecule has 4 aromatic rings. The number of rotatable bonds is 21. The lowest BCUT2D eigenvalue weighted by Gasteiger charge is -2.32. The number of benzene rings is 4. The van der Waals surface area contributed by atoms with Crippen LogP contribution < -0.4 is 34.1 Å². The lowest BCUT2D eigenvalue weighted by Crippen LogP contribution is -2.37. The van der Waals surface area contributed by atoms with E-state index in [-0.39, 0.29) is 41.9 Å². The van der Waals surface area contributed by atoms with Gasteiger partial charge in [-0.25, -0.2) is 0 Å². The molecule has 69 heavy (non-hydrogen) atoms. The van der Waals surface area contributed by atoms with E-state index in [1.165, 1.54) is 0 Å². The number of hydrogen-bond acceptors (Lipinski definition) is 13. The average Bonchev–Trinajstić information content (AvgIpc) is 3.82. The van der Waals surface area contributed by atoms with Gasteiger partial charge in [-0.2, -0.15) is 12.6 Å². The van der Waals surface area contributed by atoms with Gasteiger partial charge in [0.05, 0.1) is 81.8 Å². The molecule has 0 saturated carbocycles. The SMILES string of the molecule is C=C/C=C1/C[C@H]2CNc3cc(OCc4cc(COc5cc6c(cc5OC)C(=O)N5c7ccccc7C[C@H]5C=N6)cc(N(CCOCCOCCOC)CC(C)(C)S)c4)c(OC)cc3C(=O)N2/C1=C/C. The van der Waals surface area contributed by atoms with Crippen LogP contribution in [0.1, 0.15) is 64.6 Å². The minimum Gasteiger partial charge on any atom is -0.493 e. The van der Waals surface area contributed by atoms with E-state index in [1.807, 2.05) is 65.4 Å². The van der Waals surface area contributed by atoms with Crippen molar-refractivity contribution < 1.29 is 42.7 Å². The van der Waals surface area contributed by atoms with Gasteiger partial charge in [0.1, 0.15) is 13.2 Å². The van der Waals surface area contributed by atoms with Crippen molar-refractivity contribution in [3.8, 4) is 23.0 Å². The van der Waals surface area contributed by atoms with E-state index in [0.717, 1.165) is 45.8 Å². The molecule has 0 aromatic heterocycles. The van der Waals surface area contributed by atoms with Crippen molar-refractivity contribution in [1.82, 2.24) is 4.90 Å². The van der Waals surface area contributed by atoms with Crippen LogP contribution in [0, 0.1) is 0 Å². The van der Waals surface area contributed by atoms with Crippen LogP contribution in [0.15, 0.2) is 108 Å². The number of hydrogen-bond donors (Lipinski definition) is 2. The molecule has 14 nitrogen and oxygen atoms in total. The van der Waals surface area contributed by atoms with E-state index in [1.54, 1.807) is 45.6 Å². The maximum absolute atomic E-state index is 14.2. The molecule has 1 N–H and O–H groups in total. The standard InChI is InChI=1S/C54H63N5O9S/c1-8-12-37-24-40-30-55-44-28-50(48(63-6)26-42(44)52(60)58(40)46(37)9-2)67-32-35-21-36(23-39(22-35)57(34-54(3,4)69)15-16-65-19-20-66-18-17-62-5)33-68-51-29-45-43(27-49(51)64-7)53(61)59-41(31-56-45)25-38-13-10-11-14-47(38)59/h8-14,21-23,26-29,31,40-41,55,69H,1,15-20,24-25,30,32-34H2,2-7H3/b37-12-,46-9+/t40-,41-/m0/s1. The first-order chi connectivity index (χ1) is 33.4. The zero-order valence-electron chi connectivity index (χ0n) is 40.4. The van der Waals surface area contributed by atoms with Crippen molar-refractivity contribution in [2.24, 2.45) is 4.99 Å². The van der Waals surface area contributed by atoms with Crippen LogP contribution in [0.2, 0.25) is 0 Å². The summed E-state index contributed by atoms with van der Waals surface area (Å²) in [4.78, 5) is 39.1. The van der Waals surface area contributed by atoms with Gasteiger partial charge in [-0.1, -0.05) is 43.0 Å². The Hall–Kier alpha value is -6.26. The molecule has 4 aliphatic rings. The van der Waals surface area contributed by atoms with Crippen LogP contribution in [-0.2, 0) is 33.8 Å². The Morgan fingerprint density at radius 1 is 0.826 bits per heavy atom. The zero-order chi connectivity index (χ0) is 48.7. The minimum atomic E-state index is -0.358. The number of ether oxygens (including phenoxy) is 7. The van der Waals surface area contributed by atoms with Crippen molar-refractivity contribution in [1.29, 1.82) is 0 Å². The summed E-state index contributed by atoms with van der Waals surface area (Å²) in [5.74, 6) is 1.56. The Morgan fingerprint density at radius 3 is 2.17 bits per heavy atom. The highest BCUT2D eigenvalue weighted by atomic mass is 32.1. The average molecular weight is 958 g/mol. The van der Waals surface area contributed by atoms with E-state index in [0.29, 0.717) is 105 Å². The van der Waals surface area contributed by atoms with Gasteiger partial charge in [-0.05, 0) is 85.9 Å². The quantitative estimate of drug-likeness (QED) is 0.0613. The van der Waals surface area contributed by atoms with Crippen molar-refractivity contribution in [3.63, 3.8) is 0 Å². The van der Waals surface area contributed by atoms with Crippen LogP contribution in [0.5, 0.6) is 23.0 Å². The molecule has 0 bridgehead atoms. The Labute approximate surface area is 410 Å². The fraction of sp³-hybridized carbons (Fsp3) is 0.389. The fourth-order valence-corrected chi connectivity index (χ4v) is 9.55. The van der Waals surface area contributed by atoms with Gasteiger partial charge in [0.2, 0.25) is 0 Å². The Kier molecular flexibility index (Phi) is 15.7. The number of methoxy groups -OCH3 is 3. The van der Waals surface area contributed by atoms with Gasteiger partial charge in [0, 0.05) is 73.3 Å². The van der Waals surface area contributed by atoms with Gasteiger partial charge >= 0.3 is 0 Å². The number of allylic oxidation sites excluding steroid dienone is 4. The van der Waals surface area contributed by atoms with Crippen molar-refractivity contribution in [3.05, 3.63) is 131 Å². The molecule has 4 aromatic carbocycles. The molecule has 4 aliphatic heterocycles. The van der Waals surface area contributed by atoms with Crippen molar-refractivity contribution in [2.45, 2.75) is 63.7 Å². The predicted molar refractivity (Wildman–Crippen MR) is 274 cm³/mol. The van der Waals surface area contributed by atoms with Gasteiger partial charge in [-0.15, -0.1) is 0 Å². The van der Waals surface area contributed by atoms with E-state index in [2.05, 4.69) is 48.8 Å². The number of para-hydroxylation sites is 1. The molecule has 0 spiro atoms. The molecule has 8 rings (SSSR count). The number of fused-ring (bicyclic) bond motifs is 6. The summed E-state index contributed by atoms with van der Waals surface area (Å²) in [7, 11) is 4.79. The molecule has 1 fully saturated rings. The third-order valence-corrected chi connectivity index (χ3v) is 12.6.